The molecule has 0 aliphatic rings. The largest absolute Gasteiger partial charge is 0.489 e. The van der Waals surface area contributed by atoms with Crippen molar-refractivity contribution < 1.29 is 23.8 Å². The Morgan fingerprint density at radius 1 is 1.30 bits per heavy atom. The first-order chi connectivity index (χ1) is 11.0. The summed E-state index contributed by atoms with van der Waals surface area (Å²) in [5.41, 5.74) is 1.38. The first-order valence-corrected chi connectivity index (χ1v) is 7.30. The second-order valence-corrected chi connectivity index (χ2v) is 5.36. The summed E-state index contributed by atoms with van der Waals surface area (Å²) in [6.45, 7) is 3.71. The fourth-order valence-corrected chi connectivity index (χ4v) is 2.02. The van der Waals surface area contributed by atoms with E-state index < -0.39 is 5.97 Å². The Balaban J connectivity index is 2.10. The van der Waals surface area contributed by atoms with E-state index in [2.05, 4.69) is 5.32 Å². The van der Waals surface area contributed by atoms with Gasteiger partial charge < -0.3 is 19.6 Å². The van der Waals surface area contributed by atoms with Crippen LogP contribution in [0.1, 0.15) is 36.2 Å². The van der Waals surface area contributed by atoms with E-state index in [9.17, 15) is 9.59 Å². The minimum absolute atomic E-state index is 0.0891. The summed E-state index contributed by atoms with van der Waals surface area (Å²) in [5, 5.41) is 11.8. The van der Waals surface area contributed by atoms with Gasteiger partial charge in [-0.15, -0.1) is 0 Å². The average Bonchev–Trinajstić information content (AvgIpc) is 2.99. The van der Waals surface area contributed by atoms with Gasteiger partial charge in [-0.3, -0.25) is 4.79 Å². The van der Waals surface area contributed by atoms with Crippen molar-refractivity contribution in [1.29, 1.82) is 0 Å². The van der Waals surface area contributed by atoms with Crippen molar-refractivity contribution in [3.8, 4) is 5.75 Å². The Kier molecular flexibility index (Phi) is 5.41. The highest BCUT2D eigenvalue weighted by Gasteiger charge is 2.13. The molecule has 2 rings (SSSR count). The van der Waals surface area contributed by atoms with Crippen molar-refractivity contribution >= 4 is 17.6 Å². The number of aryl methyl sites for hydroxylation is 1. The van der Waals surface area contributed by atoms with Crippen molar-refractivity contribution in [1.82, 2.24) is 0 Å². The van der Waals surface area contributed by atoms with Crippen LogP contribution in [0.5, 0.6) is 5.75 Å². The van der Waals surface area contributed by atoms with E-state index in [0.717, 1.165) is 5.56 Å². The number of hydrogen-bond donors (Lipinski definition) is 2. The van der Waals surface area contributed by atoms with Crippen LogP contribution in [0, 0.1) is 0 Å². The molecule has 1 aromatic heterocycles. The monoisotopic (exact) mass is 317 g/mol. The van der Waals surface area contributed by atoms with Crippen LogP contribution in [0.4, 0.5) is 5.69 Å². The first kappa shape index (κ1) is 16.6. The van der Waals surface area contributed by atoms with Crippen molar-refractivity contribution in [3.63, 3.8) is 0 Å². The Hall–Kier alpha value is -2.76. The molecule has 23 heavy (non-hydrogen) atoms. The van der Waals surface area contributed by atoms with Gasteiger partial charge in [0.05, 0.1) is 29.9 Å². The maximum Gasteiger partial charge on any atom is 0.335 e. The van der Waals surface area contributed by atoms with E-state index in [1.54, 1.807) is 24.7 Å². The standard InChI is InChI=1S/C17H19NO5/c1-11(2)23-15-5-4-13(17(20)21)9-14(15)18-16(19)6-3-12-7-8-22-10-12/h4-5,7-11H,3,6H2,1-2H3,(H,18,19)(H,20,21). The predicted octanol–water partition coefficient (Wildman–Crippen LogP) is 3.34. The molecule has 2 aromatic rings. The van der Waals surface area contributed by atoms with E-state index in [4.69, 9.17) is 14.3 Å². The third kappa shape index (κ3) is 4.88. The number of anilines is 1. The van der Waals surface area contributed by atoms with Gasteiger partial charge in [0.2, 0.25) is 5.91 Å². The smallest absolute Gasteiger partial charge is 0.335 e. The number of nitrogens with one attached hydrogen (secondary N) is 1. The number of carbonyl (C=O) groups excluding carboxylic acids is 1. The molecule has 0 atom stereocenters. The van der Waals surface area contributed by atoms with Gasteiger partial charge in [-0.1, -0.05) is 0 Å². The van der Waals surface area contributed by atoms with Gasteiger partial charge in [-0.2, -0.15) is 0 Å². The number of furan rings is 1. The Morgan fingerprint density at radius 2 is 2.09 bits per heavy atom. The van der Waals surface area contributed by atoms with E-state index >= 15 is 0 Å². The molecule has 0 saturated carbocycles. The van der Waals surface area contributed by atoms with Gasteiger partial charge in [-0.25, -0.2) is 4.79 Å². The zero-order valence-electron chi connectivity index (χ0n) is 13.0. The number of carboxylic acids is 1. The second kappa shape index (κ2) is 7.49. The number of benzene rings is 1. The number of carbonyl (C=O) groups is 2. The molecule has 0 aliphatic carbocycles. The zero-order chi connectivity index (χ0) is 16.8. The van der Waals surface area contributed by atoms with Crippen LogP contribution in [0.25, 0.3) is 0 Å². The molecule has 0 spiro atoms. The predicted molar refractivity (Wildman–Crippen MR) is 84.8 cm³/mol. The Morgan fingerprint density at radius 3 is 2.70 bits per heavy atom. The highest BCUT2D eigenvalue weighted by molar-refractivity contribution is 5.95. The molecule has 6 nitrogen and oxygen atoms in total. The molecule has 1 aromatic carbocycles. The third-order valence-corrected chi connectivity index (χ3v) is 3.08. The minimum Gasteiger partial charge on any atom is -0.489 e. The molecule has 0 saturated heterocycles. The summed E-state index contributed by atoms with van der Waals surface area (Å²) >= 11 is 0. The molecular weight excluding hydrogens is 298 g/mol. The van der Waals surface area contributed by atoms with Crippen LogP contribution >= 0.6 is 0 Å². The van der Waals surface area contributed by atoms with Crippen LogP contribution in [-0.4, -0.2) is 23.1 Å². The van der Waals surface area contributed by atoms with Gasteiger partial charge in [0, 0.05) is 6.42 Å². The summed E-state index contributed by atoms with van der Waals surface area (Å²) in [5.74, 6) is -0.834. The summed E-state index contributed by atoms with van der Waals surface area (Å²) in [4.78, 5) is 23.2. The molecule has 2 N–H and O–H groups in total. The van der Waals surface area contributed by atoms with Gasteiger partial charge in [0.1, 0.15) is 5.75 Å². The van der Waals surface area contributed by atoms with Crippen molar-refractivity contribution in [2.75, 3.05) is 5.32 Å². The van der Waals surface area contributed by atoms with E-state index in [-0.39, 0.29) is 24.0 Å². The lowest BCUT2D eigenvalue weighted by atomic mass is 10.1. The quantitative estimate of drug-likeness (QED) is 0.817. The average molecular weight is 317 g/mol. The molecule has 6 heteroatoms. The summed E-state index contributed by atoms with van der Waals surface area (Å²) in [6, 6.07) is 6.19. The molecule has 0 radical (unpaired) electrons. The second-order valence-electron chi connectivity index (χ2n) is 5.36. The van der Waals surface area contributed by atoms with Gasteiger partial charge in [-0.05, 0) is 50.1 Å². The summed E-state index contributed by atoms with van der Waals surface area (Å²) in [6.07, 6.45) is 3.86. The molecule has 0 fully saturated rings. The highest BCUT2D eigenvalue weighted by atomic mass is 16.5. The highest BCUT2D eigenvalue weighted by Crippen LogP contribution is 2.27. The summed E-state index contributed by atoms with van der Waals surface area (Å²) < 4.78 is 10.6. The van der Waals surface area contributed by atoms with Crippen LogP contribution in [-0.2, 0) is 11.2 Å². The fraction of sp³-hybridized carbons (Fsp3) is 0.294. The lowest BCUT2D eigenvalue weighted by molar-refractivity contribution is -0.116. The zero-order valence-corrected chi connectivity index (χ0v) is 13.0. The maximum absolute atomic E-state index is 12.1. The Labute approximate surface area is 134 Å². The maximum atomic E-state index is 12.1. The molecule has 122 valence electrons. The van der Waals surface area contributed by atoms with E-state index in [0.29, 0.717) is 17.9 Å². The van der Waals surface area contributed by atoms with Gasteiger partial charge in [0.15, 0.2) is 0 Å². The lowest BCUT2D eigenvalue weighted by Gasteiger charge is -2.15. The summed E-state index contributed by atoms with van der Waals surface area (Å²) in [7, 11) is 0. The van der Waals surface area contributed by atoms with Gasteiger partial charge in [0.25, 0.3) is 0 Å². The molecule has 0 unspecified atom stereocenters. The van der Waals surface area contributed by atoms with E-state index in [1.165, 1.54) is 12.1 Å². The third-order valence-electron chi connectivity index (χ3n) is 3.08. The lowest BCUT2D eigenvalue weighted by Crippen LogP contribution is -2.15. The SMILES string of the molecule is CC(C)Oc1ccc(C(=O)O)cc1NC(=O)CCc1ccoc1. The molecule has 1 heterocycles. The first-order valence-electron chi connectivity index (χ1n) is 7.30. The van der Waals surface area contributed by atoms with Crippen LogP contribution < -0.4 is 10.1 Å². The normalized spacial score (nSPS) is 10.6. The molecule has 0 bridgehead atoms. The number of hydrogen-bond acceptors (Lipinski definition) is 4. The van der Waals surface area contributed by atoms with Crippen molar-refractivity contribution in [2.24, 2.45) is 0 Å². The van der Waals surface area contributed by atoms with Crippen molar-refractivity contribution in [2.45, 2.75) is 32.8 Å². The van der Waals surface area contributed by atoms with Crippen LogP contribution in [0.3, 0.4) is 0 Å². The Bertz CT molecular complexity index is 676. The van der Waals surface area contributed by atoms with Crippen molar-refractivity contribution in [3.05, 3.63) is 47.9 Å². The van der Waals surface area contributed by atoms with Gasteiger partial charge >= 0.3 is 5.97 Å². The molecule has 1 amide bonds. The fourth-order valence-electron chi connectivity index (χ4n) is 2.02. The topological polar surface area (TPSA) is 88.8 Å². The molecule has 0 aliphatic heterocycles. The number of amides is 1. The molecular formula is C17H19NO5. The van der Waals surface area contributed by atoms with E-state index in [1.807, 2.05) is 13.8 Å². The van der Waals surface area contributed by atoms with Crippen LogP contribution in [0.2, 0.25) is 0 Å². The van der Waals surface area contributed by atoms with Crippen LogP contribution in [0.15, 0.2) is 41.2 Å². The minimum atomic E-state index is -1.06. The number of carboxylic acid groups (broad SMARTS) is 1. The number of ether oxygens (including phenoxy) is 1. The number of rotatable bonds is 7. The number of aromatic carboxylic acids is 1.